The first kappa shape index (κ1) is 28.2. The normalized spacial score (nSPS) is 16.4. The number of rotatable bonds is 3. The van der Waals surface area contributed by atoms with Crippen LogP contribution in [0.3, 0.4) is 0 Å². The van der Waals surface area contributed by atoms with E-state index in [9.17, 15) is 0 Å². The first-order chi connectivity index (χ1) is 25.3. The maximum Gasteiger partial charge on any atom is 0.206 e. The Kier molecular flexibility index (Phi) is 6.05. The van der Waals surface area contributed by atoms with E-state index in [1.807, 2.05) is 24.3 Å². The molecule has 6 heteroatoms. The Bertz CT molecular complexity index is 2930. The molecule has 2 atom stereocenters. The number of para-hydroxylation sites is 3. The number of hydrogen-bond donors (Lipinski definition) is 2. The molecule has 7 aromatic carbocycles. The fourth-order valence-corrected chi connectivity index (χ4v) is 7.85. The molecule has 0 spiro atoms. The Hall–Kier alpha value is -6.63. The first-order valence-corrected chi connectivity index (χ1v) is 17.3. The molecule has 4 heterocycles. The lowest BCUT2D eigenvalue weighted by Crippen LogP contribution is -2.47. The molecule has 0 saturated heterocycles. The van der Waals surface area contributed by atoms with Gasteiger partial charge in [-0.3, -0.25) is 9.88 Å². The largest absolute Gasteiger partial charge is 0.452 e. The summed E-state index contributed by atoms with van der Waals surface area (Å²) in [5.41, 5.74) is 9.89. The van der Waals surface area contributed by atoms with E-state index in [0.717, 1.165) is 72.0 Å². The van der Waals surface area contributed by atoms with Crippen molar-refractivity contribution >= 4 is 71.6 Å². The SMILES string of the molecule is c1ccc(-c2ccc(C3NC(n4c5ccccc5c5ccccc54)=NC(c4ccc5c(c4)oc4c5ccc5c6ccccc6oc54)N3)cc2)cc1. The van der Waals surface area contributed by atoms with E-state index in [0.29, 0.717) is 0 Å². The number of fused-ring (bicyclic) bond motifs is 10. The Balaban J connectivity index is 1.06. The van der Waals surface area contributed by atoms with Gasteiger partial charge in [0.1, 0.15) is 23.5 Å². The molecule has 10 aromatic rings. The molecule has 2 N–H and O–H groups in total. The molecule has 1 aliphatic heterocycles. The van der Waals surface area contributed by atoms with E-state index in [4.69, 9.17) is 13.8 Å². The minimum atomic E-state index is -0.358. The van der Waals surface area contributed by atoms with Crippen molar-refractivity contribution < 1.29 is 8.83 Å². The van der Waals surface area contributed by atoms with Gasteiger partial charge in [-0.15, -0.1) is 0 Å². The molecule has 0 saturated carbocycles. The van der Waals surface area contributed by atoms with Crippen LogP contribution < -0.4 is 10.6 Å². The van der Waals surface area contributed by atoms with Crippen molar-refractivity contribution in [2.75, 3.05) is 0 Å². The van der Waals surface area contributed by atoms with E-state index in [2.05, 4.69) is 149 Å². The standard InChI is InChI=1S/C45H30N4O2/c1-2-10-27(11-3-1)28-18-20-29(21-19-28)43-46-44(48-45(47-43)49-37-15-7-4-12-31(37)32-13-5-8-16-38(32)49)30-22-23-34-36-25-24-35-33-14-6-9-17-39(33)50-41(35)42(36)51-40(34)26-30/h1-26,43-44,46H,(H,47,48). The molecule has 0 aliphatic carbocycles. The van der Waals surface area contributed by atoms with Crippen molar-refractivity contribution in [3.8, 4) is 11.1 Å². The van der Waals surface area contributed by atoms with Gasteiger partial charge in [0, 0.05) is 32.3 Å². The van der Waals surface area contributed by atoms with Crippen molar-refractivity contribution in [3.05, 3.63) is 169 Å². The topological polar surface area (TPSA) is 67.6 Å². The van der Waals surface area contributed by atoms with Gasteiger partial charge in [0.05, 0.1) is 11.0 Å². The number of nitrogens with zero attached hydrogens (tertiary/aromatic N) is 2. The van der Waals surface area contributed by atoms with Gasteiger partial charge in [0.2, 0.25) is 5.96 Å². The van der Waals surface area contributed by atoms with Crippen molar-refractivity contribution in [1.29, 1.82) is 0 Å². The molecule has 51 heavy (non-hydrogen) atoms. The summed E-state index contributed by atoms with van der Waals surface area (Å²) in [5, 5.41) is 14.2. The van der Waals surface area contributed by atoms with Crippen molar-refractivity contribution in [1.82, 2.24) is 15.2 Å². The maximum absolute atomic E-state index is 6.62. The highest BCUT2D eigenvalue weighted by molar-refractivity contribution is 6.19. The maximum atomic E-state index is 6.62. The third kappa shape index (κ3) is 4.37. The molecule has 0 fully saturated rings. The lowest BCUT2D eigenvalue weighted by atomic mass is 10.0. The number of aliphatic imine (C=N–C) groups is 1. The van der Waals surface area contributed by atoms with Crippen LogP contribution in [0.4, 0.5) is 0 Å². The van der Waals surface area contributed by atoms with Crippen molar-refractivity contribution in [2.45, 2.75) is 12.3 Å². The van der Waals surface area contributed by atoms with Crippen LogP contribution in [0.15, 0.2) is 172 Å². The molecule has 0 amide bonds. The van der Waals surface area contributed by atoms with Gasteiger partial charge in [-0.2, -0.15) is 0 Å². The fourth-order valence-electron chi connectivity index (χ4n) is 7.85. The molecule has 1 aliphatic rings. The van der Waals surface area contributed by atoms with E-state index < -0.39 is 0 Å². The average Bonchev–Trinajstić information content (AvgIpc) is 3.87. The Morgan fingerprint density at radius 1 is 0.471 bits per heavy atom. The van der Waals surface area contributed by atoms with Crippen LogP contribution in [0.5, 0.6) is 0 Å². The smallest absolute Gasteiger partial charge is 0.206 e. The fraction of sp³-hybridized carbons (Fsp3) is 0.0444. The minimum Gasteiger partial charge on any atom is -0.452 e. The average molecular weight is 659 g/mol. The molecule has 242 valence electrons. The molecule has 0 bridgehead atoms. The van der Waals surface area contributed by atoms with Gasteiger partial charge in [0.15, 0.2) is 11.2 Å². The highest BCUT2D eigenvalue weighted by Gasteiger charge is 2.28. The van der Waals surface area contributed by atoms with E-state index in [1.165, 1.54) is 21.9 Å². The number of benzene rings is 7. The van der Waals surface area contributed by atoms with Crippen LogP contribution in [0.1, 0.15) is 23.5 Å². The molecule has 11 rings (SSSR count). The quantitative estimate of drug-likeness (QED) is 0.198. The third-order valence-corrected chi connectivity index (χ3v) is 10.3. The van der Waals surface area contributed by atoms with Crippen molar-refractivity contribution in [3.63, 3.8) is 0 Å². The lowest BCUT2D eigenvalue weighted by Gasteiger charge is -2.32. The summed E-state index contributed by atoms with van der Waals surface area (Å²) in [7, 11) is 0. The first-order valence-electron chi connectivity index (χ1n) is 17.3. The van der Waals surface area contributed by atoms with Gasteiger partial charge in [-0.1, -0.05) is 121 Å². The zero-order valence-electron chi connectivity index (χ0n) is 27.4. The molecule has 3 aromatic heterocycles. The second-order valence-electron chi connectivity index (χ2n) is 13.2. The van der Waals surface area contributed by atoms with Crippen LogP contribution in [0, 0.1) is 0 Å². The number of hydrogen-bond acceptors (Lipinski definition) is 5. The summed E-state index contributed by atoms with van der Waals surface area (Å²) in [5.74, 6) is 0.780. The molecule has 2 unspecified atom stereocenters. The van der Waals surface area contributed by atoms with Crippen molar-refractivity contribution in [2.24, 2.45) is 4.99 Å². The summed E-state index contributed by atoms with van der Waals surface area (Å²) < 4.78 is 15.2. The number of furan rings is 2. The number of nitrogens with one attached hydrogen (secondary N) is 2. The van der Waals surface area contributed by atoms with Gasteiger partial charge in [-0.05, 0) is 58.7 Å². The Labute approximate surface area is 292 Å². The summed E-state index contributed by atoms with van der Waals surface area (Å²) in [6, 6.07) is 55.1. The van der Waals surface area contributed by atoms with Gasteiger partial charge >= 0.3 is 0 Å². The Morgan fingerprint density at radius 3 is 1.75 bits per heavy atom. The molecular formula is C45H30N4O2. The predicted octanol–water partition coefficient (Wildman–Crippen LogP) is 11.1. The lowest BCUT2D eigenvalue weighted by molar-refractivity contribution is 0.403. The van der Waals surface area contributed by atoms with Gasteiger partial charge in [0.25, 0.3) is 0 Å². The highest BCUT2D eigenvalue weighted by atomic mass is 16.4. The minimum absolute atomic E-state index is 0.214. The molecule has 6 nitrogen and oxygen atoms in total. The van der Waals surface area contributed by atoms with Gasteiger partial charge < -0.3 is 14.2 Å². The number of aromatic nitrogens is 1. The molecular weight excluding hydrogens is 629 g/mol. The van der Waals surface area contributed by atoms with E-state index in [-0.39, 0.29) is 12.3 Å². The van der Waals surface area contributed by atoms with E-state index in [1.54, 1.807) is 0 Å². The zero-order valence-corrected chi connectivity index (χ0v) is 27.4. The zero-order chi connectivity index (χ0) is 33.5. The van der Waals surface area contributed by atoms with Crippen LogP contribution in [-0.4, -0.2) is 10.5 Å². The van der Waals surface area contributed by atoms with Crippen LogP contribution >= 0.6 is 0 Å². The van der Waals surface area contributed by atoms with Crippen LogP contribution in [-0.2, 0) is 0 Å². The van der Waals surface area contributed by atoms with E-state index >= 15 is 0 Å². The Morgan fingerprint density at radius 2 is 1.02 bits per heavy atom. The second kappa shape index (κ2) is 10.9. The summed E-state index contributed by atoms with van der Waals surface area (Å²) in [6.07, 6.45) is -0.572. The monoisotopic (exact) mass is 658 g/mol. The van der Waals surface area contributed by atoms with Gasteiger partial charge in [-0.25, -0.2) is 4.99 Å². The van der Waals surface area contributed by atoms with Crippen LogP contribution in [0.2, 0.25) is 0 Å². The molecule has 0 radical (unpaired) electrons. The predicted molar refractivity (Wildman–Crippen MR) is 207 cm³/mol. The summed E-state index contributed by atoms with van der Waals surface area (Å²) >= 11 is 0. The summed E-state index contributed by atoms with van der Waals surface area (Å²) in [4.78, 5) is 5.37. The summed E-state index contributed by atoms with van der Waals surface area (Å²) in [6.45, 7) is 0. The van der Waals surface area contributed by atoms with Crippen LogP contribution in [0.25, 0.3) is 76.8 Å². The third-order valence-electron chi connectivity index (χ3n) is 10.3. The highest BCUT2D eigenvalue weighted by Crippen LogP contribution is 2.40. The second-order valence-corrected chi connectivity index (χ2v) is 13.2.